The topological polar surface area (TPSA) is 15.3 Å². The number of hydrogen-bond acceptors (Lipinski definition) is 2. The van der Waals surface area contributed by atoms with Crippen LogP contribution >= 0.6 is 0 Å². The molecule has 1 aromatic rings. The zero-order valence-corrected chi connectivity index (χ0v) is 15.4. The molecule has 1 aliphatic heterocycles. The highest BCUT2D eigenvalue weighted by atomic mass is 15.2. The van der Waals surface area contributed by atoms with Crippen molar-refractivity contribution in [2.24, 2.45) is 0 Å². The van der Waals surface area contributed by atoms with Crippen LogP contribution in [0.15, 0.2) is 43.3 Å². The Kier molecular flexibility index (Phi) is 5.03. The molecule has 130 valence electrons. The Hall–Kier alpha value is -1.70. The van der Waals surface area contributed by atoms with Crippen molar-refractivity contribution in [3.05, 3.63) is 54.4 Å². The Morgan fingerprint density at radius 2 is 2.29 bits per heavy atom. The molecule has 2 heteroatoms. The number of allylic oxidation sites excluding steroid dienone is 1. The summed E-state index contributed by atoms with van der Waals surface area (Å²) >= 11 is 0. The number of hydrogen-bond donors (Lipinski definition) is 1. The van der Waals surface area contributed by atoms with Crippen LogP contribution in [-0.4, -0.2) is 12.6 Å². The Bertz CT molecular complexity index is 618. The predicted octanol–water partition coefficient (Wildman–Crippen LogP) is 5.30. The van der Waals surface area contributed by atoms with E-state index in [2.05, 4.69) is 55.4 Å². The van der Waals surface area contributed by atoms with E-state index in [1.54, 1.807) is 17.3 Å². The number of nitrogens with one attached hydrogen (secondary N) is 1. The van der Waals surface area contributed by atoms with Crippen LogP contribution in [0.4, 0.5) is 5.69 Å². The Morgan fingerprint density at radius 3 is 3.04 bits per heavy atom. The lowest BCUT2D eigenvalue weighted by Crippen LogP contribution is -2.28. The zero-order chi connectivity index (χ0) is 17.2. The lowest BCUT2D eigenvalue weighted by Gasteiger charge is -2.29. The molecule has 1 N–H and O–H groups in total. The quantitative estimate of drug-likeness (QED) is 0.732. The first-order valence-electron chi connectivity index (χ1n) is 9.52. The van der Waals surface area contributed by atoms with Crippen LogP contribution in [0, 0.1) is 0 Å². The molecule has 0 bridgehead atoms. The third-order valence-electron chi connectivity index (χ3n) is 6.15. The molecule has 1 heterocycles. The molecule has 0 radical (unpaired) electrons. The molecule has 1 fully saturated rings. The highest BCUT2D eigenvalue weighted by Crippen LogP contribution is 2.44. The van der Waals surface area contributed by atoms with Gasteiger partial charge in [-0.25, -0.2) is 0 Å². The second-order valence-corrected chi connectivity index (χ2v) is 7.75. The van der Waals surface area contributed by atoms with Crippen LogP contribution in [-0.2, 0) is 11.8 Å². The number of fused-ring (bicyclic) bond motifs is 1. The molecule has 3 rings (SSSR count). The SMILES string of the molecule is C=CNC(=C)CCC1(C)CCc2cc(N3CCCC3CC)ccc21. The van der Waals surface area contributed by atoms with Gasteiger partial charge in [-0.05, 0) is 79.8 Å². The first-order valence-corrected chi connectivity index (χ1v) is 9.52. The average Bonchev–Trinajstić information content (AvgIpc) is 3.18. The standard InChI is InChI=1S/C22H32N2/c1-5-19-8-7-15-24(19)20-9-10-21-18(16-20)12-14-22(21,4)13-11-17(3)23-6-2/h6,9-10,16,19,23H,2-3,5,7-8,11-15H2,1,4H3. The van der Waals surface area contributed by atoms with Gasteiger partial charge in [0.25, 0.3) is 0 Å². The molecule has 1 aromatic carbocycles. The molecular weight excluding hydrogens is 292 g/mol. The van der Waals surface area contributed by atoms with Gasteiger partial charge in [-0.15, -0.1) is 0 Å². The summed E-state index contributed by atoms with van der Waals surface area (Å²) in [6, 6.07) is 7.99. The van der Waals surface area contributed by atoms with Gasteiger partial charge in [-0.2, -0.15) is 0 Å². The van der Waals surface area contributed by atoms with Crippen LogP contribution in [0.25, 0.3) is 0 Å². The maximum atomic E-state index is 4.09. The van der Waals surface area contributed by atoms with Gasteiger partial charge < -0.3 is 10.2 Å². The van der Waals surface area contributed by atoms with Crippen molar-refractivity contribution in [1.29, 1.82) is 0 Å². The van der Waals surface area contributed by atoms with E-state index in [9.17, 15) is 0 Å². The number of nitrogens with zero attached hydrogens (tertiary/aromatic N) is 1. The number of rotatable bonds is 7. The zero-order valence-electron chi connectivity index (χ0n) is 15.4. The molecule has 0 spiro atoms. The average molecular weight is 325 g/mol. The minimum Gasteiger partial charge on any atom is -0.369 e. The molecule has 2 nitrogen and oxygen atoms in total. The Labute approximate surface area is 147 Å². The van der Waals surface area contributed by atoms with Crippen LogP contribution in [0.3, 0.4) is 0 Å². The van der Waals surface area contributed by atoms with E-state index < -0.39 is 0 Å². The molecule has 1 saturated heterocycles. The second kappa shape index (κ2) is 7.04. The highest BCUT2D eigenvalue weighted by Gasteiger charge is 2.34. The van der Waals surface area contributed by atoms with E-state index >= 15 is 0 Å². The molecule has 0 saturated carbocycles. The lowest BCUT2D eigenvalue weighted by atomic mass is 9.79. The summed E-state index contributed by atoms with van der Waals surface area (Å²) in [5.41, 5.74) is 5.93. The first-order chi connectivity index (χ1) is 11.6. The molecule has 0 aromatic heterocycles. The number of aryl methyl sites for hydroxylation is 1. The van der Waals surface area contributed by atoms with Gasteiger partial charge in [0, 0.05) is 24.0 Å². The first kappa shape index (κ1) is 17.1. The minimum absolute atomic E-state index is 0.287. The summed E-state index contributed by atoms with van der Waals surface area (Å²) in [7, 11) is 0. The van der Waals surface area contributed by atoms with Gasteiger partial charge in [0.15, 0.2) is 0 Å². The molecule has 2 aliphatic rings. The van der Waals surface area contributed by atoms with Crippen molar-refractivity contribution in [3.63, 3.8) is 0 Å². The monoisotopic (exact) mass is 324 g/mol. The van der Waals surface area contributed by atoms with Gasteiger partial charge in [0.2, 0.25) is 0 Å². The molecule has 1 aliphatic carbocycles. The third-order valence-corrected chi connectivity index (χ3v) is 6.15. The van der Waals surface area contributed by atoms with E-state index in [1.165, 1.54) is 44.3 Å². The largest absolute Gasteiger partial charge is 0.369 e. The summed E-state index contributed by atoms with van der Waals surface area (Å²) in [4.78, 5) is 2.63. The fourth-order valence-corrected chi connectivity index (χ4v) is 4.60. The Morgan fingerprint density at radius 1 is 1.46 bits per heavy atom. The molecule has 2 atom stereocenters. The van der Waals surface area contributed by atoms with E-state index in [0.717, 1.165) is 24.6 Å². The Balaban J connectivity index is 1.75. The van der Waals surface area contributed by atoms with Crippen molar-refractivity contribution in [2.75, 3.05) is 11.4 Å². The maximum Gasteiger partial charge on any atom is 0.0371 e. The van der Waals surface area contributed by atoms with Crippen LogP contribution < -0.4 is 10.2 Å². The van der Waals surface area contributed by atoms with Crippen molar-refractivity contribution >= 4 is 5.69 Å². The van der Waals surface area contributed by atoms with Gasteiger partial charge >= 0.3 is 0 Å². The predicted molar refractivity (Wildman–Crippen MR) is 104 cm³/mol. The van der Waals surface area contributed by atoms with Gasteiger partial charge in [0.1, 0.15) is 0 Å². The lowest BCUT2D eigenvalue weighted by molar-refractivity contribution is 0.429. The van der Waals surface area contributed by atoms with Crippen molar-refractivity contribution in [1.82, 2.24) is 5.32 Å². The molecule has 0 amide bonds. The summed E-state index contributed by atoms with van der Waals surface area (Å²) in [6.45, 7) is 13.8. The van der Waals surface area contributed by atoms with E-state index in [4.69, 9.17) is 0 Å². The number of anilines is 1. The van der Waals surface area contributed by atoms with Gasteiger partial charge in [-0.1, -0.05) is 33.1 Å². The fourth-order valence-electron chi connectivity index (χ4n) is 4.60. The summed E-state index contributed by atoms with van der Waals surface area (Å²) in [6.07, 6.45) is 10.3. The van der Waals surface area contributed by atoms with Crippen LogP contribution in [0.5, 0.6) is 0 Å². The van der Waals surface area contributed by atoms with Crippen LogP contribution in [0.1, 0.15) is 63.5 Å². The minimum atomic E-state index is 0.287. The van der Waals surface area contributed by atoms with Crippen LogP contribution in [0.2, 0.25) is 0 Å². The number of benzene rings is 1. The normalized spacial score (nSPS) is 25.6. The van der Waals surface area contributed by atoms with Crippen molar-refractivity contribution in [2.45, 2.75) is 70.3 Å². The summed E-state index contributed by atoms with van der Waals surface area (Å²) < 4.78 is 0. The highest BCUT2D eigenvalue weighted by molar-refractivity contribution is 5.55. The van der Waals surface area contributed by atoms with E-state index in [0.29, 0.717) is 0 Å². The van der Waals surface area contributed by atoms with E-state index in [1.807, 2.05) is 0 Å². The van der Waals surface area contributed by atoms with Crippen molar-refractivity contribution < 1.29 is 0 Å². The fraction of sp³-hybridized carbons (Fsp3) is 0.545. The third kappa shape index (κ3) is 3.24. The molecule has 2 unspecified atom stereocenters. The smallest absolute Gasteiger partial charge is 0.0371 e. The van der Waals surface area contributed by atoms with Crippen molar-refractivity contribution in [3.8, 4) is 0 Å². The summed E-state index contributed by atoms with van der Waals surface area (Å²) in [5, 5.41) is 3.13. The van der Waals surface area contributed by atoms with E-state index in [-0.39, 0.29) is 5.41 Å². The maximum absolute atomic E-state index is 4.09. The summed E-state index contributed by atoms with van der Waals surface area (Å²) in [5.74, 6) is 0. The second-order valence-electron chi connectivity index (χ2n) is 7.75. The van der Waals surface area contributed by atoms with Gasteiger partial charge in [-0.3, -0.25) is 0 Å². The molecular formula is C22H32N2. The van der Waals surface area contributed by atoms with Gasteiger partial charge in [0.05, 0.1) is 0 Å². The molecule has 24 heavy (non-hydrogen) atoms.